The molecule has 0 bridgehead atoms. The van der Waals surface area contributed by atoms with Crippen LogP contribution in [-0.4, -0.2) is 18.2 Å². The van der Waals surface area contributed by atoms with Gasteiger partial charge in [-0.15, -0.1) is 0 Å². The van der Waals surface area contributed by atoms with E-state index < -0.39 is 0 Å². The molecule has 0 aromatic heterocycles. The predicted molar refractivity (Wildman–Crippen MR) is 97.3 cm³/mol. The molecular formula is C21H21NO2. The summed E-state index contributed by atoms with van der Waals surface area (Å²) in [4.78, 5) is 26.0. The van der Waals surface area contributed by atoms with Gasteiger partial charge in [-0.05, 0) is 50.0 Å². The normalized spacial score (nSPS) is 13.8. The predicted octanol–water partition coefficient (Wildman–Crippen LogP) is 4.19. The molecule has 3 rings (SSSR count). The Balaban J connectivity index is 1.85. The molecule has 0 N–H and O–H groups in total. The van der Waals surface area contributed by atoms with Gasteiger partial charge in [0.15, 0.2) is 5.78 Å². The molecule has 0 fully saturated rings. The molecule has 0 aliphatic carbocycles. The van der Waals surface area contributed by atoms with E-state index in [1.807, 2.05) is 55.5 Å². The summed E-state index contributed by atoms with van der Waals surface area (Å²) in [5, 5.41) is 0. The zero-order valence-corrected chi connectivity index (χ0v) is 14.1. The van der Waals surface area contributed by atoms with Crippen molar-refractivity contribution in [3.05, 3.63) is 70.8 Å². The molecule has 3 heteroatoms. The number of carbonyl (C=O) groups excluding carboxylic acids is 2. The Labute approximate surface area is 142 Å². The van der Waals surface area contributed by atoms with E-state index in [9.17, 15) is 9.59 Å². The maximum absolute atomic E-state index is 12.6. The Morgan fingerprint density at radius 3 is 2.54 bits per heavy atom. The lowest BCUT2D eigenvalue weighted by Crippen LogP contribution is -2.34. The third-order valence-corrected chi connectivity index (χ3v) is 4.37. The Bertz CT molecular complexity index is 803. The molecule has 1 heterocycles. The van der Waals surface area contributed by atoms with E-state index in [0.29, 0.717) is 12.1 Å². The number of carbonyl (C=O) groups is 2. The first-order valence-electron chi connectivity index (χ1n) is 8.25. The molecule has 3 nitrogen and oxygen atoms in total. The molecule has 122 valence electrons. The summed E-state index contributed by atoms with van der Waals surface area (Å²) in [5.41, 5.74) is 4.84. The van der Waals surface area contributed by atoms with Crippen molar-refractivity contribution in [1.29, 1.82) is 0 Å². The number of rotatable bonds is 3. The molecule has 0 radical (unpaired) electrons. The van der Waals surface area contributed by atoms with Crippen LogP contribution in [0.2, 0.25) is 0 Å². The molecular weight excluding hydrogens is 298 g/mol. The van der Waals surface area contributed by atoms with Crippen molar-refractivity contribution >= 4 is 23.5 Å². The molecule has 1 amide bonds. The molecule has 2 aromatic rings. The number of anilines is 1. The van der Waals surface area contributed by atoms with E-state index in [1.54, 1.807) is 17.9 Å². The van der Waals surface area contributed by atoms with Crippen LogP contribution >= 0.6 is 0 Å². The highest BCUT2D eigenvalue weighted by atomic mass is 16.2. The fraction of sp³-hybridized carbons (Fsp3) is 0.238. The summed E-state index contributed by atoms with van der Waals surface area (Å²) in [6.07, 6.45) is 5.33. The van der Waals surface area contributed by atoms with Crippen LogP contribution in [0.3, 0.4) is 0 Å². The maximum Gasteiger partial charge on any atom is 0.250 e. The zero-order chi connectivity index (χ0) is 17.1. The Morgan fingerprint density at radius 1 is 1.08 bits per heavy atom. The van der Waals surface area contributed by atoms with Gasteiger partial charge in [0.1, 0.15) is 0 Å². The average Bonchev–Trinajstić information content (AvgIpc) is 2.60. The number of fused-ring (bicyclic) bond motifs is 1. The van der Waals surface area contributed by atoms with Crippen LogP contribution in [0.5, 0.6) is 0 Å². The minimum Gasteiger partial charge on any atom is -0.309 e. The van der Waals surface area contributed by atoms with Gasteiger partial charge < -0.3 is 4.90 Å². The molecule has 0 atom stereocenters. The molecule has 0 saturated heterocycles. The summed E-state index contributed by atoms with van der Waals surface area (Å²) < 4.78 is 0. The Kier molecular flexibility index (Phi) is 4.61. The van der Waals surface area contributed by atoms with E-state index in [4.69, 9.17) is 0 Å². The third kappa shape index (κ3) is 3.46. The first-order chi connectivity index (χ1) is 11.5. The number of hydrogen-bond donors (Lipinski definition) is 0. The minimum atomic E-state index is -0.0442. The lowest BCUT2D eigenvalue weighted by atomic mass is 9.98. The van der Waals surface area contributed by atoms with E-state index >= 15 is 0 Å². The second-order valence-electron chi connectivity index (χ2n) is 6.24. The van der Waals surface area contributed by atoms with Crippen LogP contribution in [0.4, 0.5) is 5.69 Å². The molecule has 1 aliphatic heterocycles. The number of aryl methyl sites for hydroxylation is 2. The molecule has 2 aromatic carbocycles. The average molecular weight is 319 g/mol. The standard InChI is InChI=1S/C21H21NO2/c1-15-5-7-17(8-6-15)9-12-21(24)22-13-3-4-18-10-11-19(16(2)23)14-20(18)22/h5-12,14H,3-4,13H2,1-2H3/b12-9+. The van der Waals surface area contributed by atoms with Gasteiger partial charge in [-0.1, -0.05) is 42.0 Å². The first kappa shape index (κ1) is 16.2. The number of Topliss-reactive ketones (excluding diaryl/α,β-unsaturated/α-hetero) is 1. The van der Waals surface area contributed by atoms with Gasteiger partial charge in [-0.25, -0.2) is 0 Å². The smallest absolute Gasteiger partial charge is 0.250 e. The SMILES string of the molecule is CC(=O)c1ccc2c(c1)N(C(=O)/C=C/c1ccc(C)cc1)CCC2. The van der Waals surface area contributed by atoms with Crippen LogP contribution < -0.4 is 4.90 Å². The first-order valence-corrected chi connectivity index (χ1v) is 8.25. The van der Waals surface area contributed by atoms with E-state index in [0.717, 1.165) is 29.7 Å². The number of hydrogen-bond acceptors (Lipinski definition) is 2. The van der Waals surface area contributed by atoms with Crippen LogP contribution in [0, 0.1) is 6.92 Å². The summed E-state index contributed by atoms with van der Waals surface area (Å²) in [6.45, 7) is 4.27. The summed E-state index contributed by atoms with van der Waals surface area (Å²) >= 11 is 0. The number of amides is 1. The van der Waals surface area contributed by atoms with Gasteiger partial charge in [-0.2, -0.15) is 0 Å². The Hall–Kier alpha value is -2.68. The van der Waals surface area contributed by atoms with E-state index in [2.05, 4.69) is 0 Å². The Morgan fingerprint density at radius 2 is 1.83 bits per heavy atom. The van der Waals surface area contributed by atoms with Crippen LogP contribution in [0.15, 0.2) is 48.5 Å². The fourth-order valence-corrected chi connectivity index (χ4v) is 2.96. The van der Waals surface area contributed by atoms with Gasteiger partial charge in [0, 0.05) is 23.9 Å². The summed E-state index contributed by atoms with van der Waals surface area (Å²) in [5.74, 6) is -0.0248. The third-order valence-electron chi connectivity index (χ3n) is 4.37. The second kappa shape index (κ2) is 6.83. The molecule has 0 unspecified atom stereocenters. The van der Waals surface area contributed by atoms with Gasteiger partial charge in [-0.3, -0.25) is 9.59 Å². The van der Waals surface area contributed by atoms with Gasteiger partial charge in [0.25, 0.3) is 5.91 Å². The number of ketones is 1. The van der Waals surface area contributed by atoms with Crippen LogP contribution in [0.1, 0.15) is 40.4 Å². The minimum absolute atomic E-state index is 0.0194. The summed E-state index contributed by atoms with van der Waals surface area (Å²) in [7, 11) is 0. The van der Waals surface area contributed by atoms with Gasteiger partial charge in [0.2, 0.25) is 0 Å². The van der Waals surface area contributed by atoms with Crippen molar-refractivity contribution in [3.8, 4) is 0 Å². The van der Waals surface area contributed by atoms with E-state index in [-0.39, 0.29) is 11.7 Å². The van der Waals surface area contributed by atoms with Crippen molar-refractivity contribution in [2.24, 2.45) is 0 Å². The lowest BCUT2D eigenvalue weighted by molar-refractivity contribution is -0.114. The topological polar surface area (TPSA) is 37.4 Å². The van der Waals surface area contributed by atoms with E-state index in [1.165, 1.54) is 5.56 Å². The molecule has 0 spiro atoms. The highest BCUT2D eigenvalue weighted by Crippen LogP contribution is 2.28. The van der Waals surface area contributed by atoms with Crippen molar-refractivity contribution in [3.63, 3.8) is 0 Å². The largest absolute Gasteiger partial charge is 0.309 e. The van der Waals surface area contributed by atoms with Crippen molar-refractivity contribution in [2.45, 2.75) is 26.7 Å². The number of benzene rings is 2. The van der Waals surface area contributed by atoms with Crippen molar-refractivity contribution in [2.75, 3.05) is 11.4 Å². The fourth-order valence-electron chi connectivity index (χ4n) is 2.96. The number of nitrogens with zero attached hydrogens (tertiary/aromatic N) is 1. The molecule has 0 saturated carbocycles. The van der Waals surface area contributed by atoms with Gasteiger partial charge in [0.05, 0.1) is 0 Å². The van der Waals surface area contributed by atoms with Crippen molar-refractivity contribution in [1.82, 2.24) is 0 Å². The highest BCUT2D eigenvalue weighted by molar-refractivity contribution is 6.05. The zero-order valence-electron chi connectivity index (χ0n) is 14.1. The van der Waals surface area contributed by atoms with Crippen LogP contribution in [0.25, 0.3) is 6.08 Å². The maximum atomic E-state index is 12.6. The molecule has 24 heavy (non-hydrogen) atoms. The summed E-state index contributed by atoms with van der Waals surface area (Å²) in [6, 6.07) is 13.7. The monoisotopic (exact) mass is 319 g/mol. The van der Waals surface area contributed by atoms with Crippen molar-refractivity contribution < 1.29 is 9.59 Å². The van der Waals surface area contributed by atoms with Crippen LogP contribution in [-0.2, 0) is 11.2 Å². The van der Waals surface area contributed by atoms with Gasteiger partial charge >= 0.3 is 0 Å². The quantitative estimate of drug-likeness (QED) is 0.628. The highest BCUT2D eigenvalue weighted by Gasteiger charge is 2.21. The lowest BCUT2D eigenvalue weighted by Gasteiger charge is -2.29. The molecule has 1 aliphatic rings. The second-order valence-corrected chi connectivity index (χ2v) is 6.24.